The zero-order valence-corrected chi connectivity index (χ0v) is 23.2. The number of furan rings is 1. The van der Waals surface area contributed by atoms with Gasteiger partial charge in [-0.1, -0.05) is 66.7 Å². The van der Waals surface area contributed by atoms with Crippen molar-refractivity contribution >= 4 is 39.1 Å². The van der Waals surface area contributed by atoms with Crippen LogP contribution in [0.1, 0.15) is 40.9 Å². The van der Waals surface area contributed by atoms with E-state index in [0.717, 1.165) is 33.3 Å². The molecule has 0 amide bonds. The molecule has 0 bridgehead atoms. The summed E-state index contributed by atoms with van der Waals surface area (Å²) in [5.41, 5.74) is 12.5. The first-order chi connectivity index (χ1) is 19.5. The molecular formula is C36H31N3O. The number of nitrogens with zero attached hydrogens (tertiary/aromatic N) is 3. The lowest BCUT2D eigenvalue weighted by Crippen LogP contribution is -2.34. The smallest absolute Gasteiger partial charge is 0.227 e. The van der Waals surface area contributed by atoms with Crippen molar-refractivity contribution in [1.82, 2.24) is 4.98 Å². The van der Waals surface area contributed by atoms with Crippen molar-refractivity contribution in [2.24, 2.45) is 0 Å². The van der Waals surface area contributed by atoms with Gasteiger partial charge in [0.2, 0.25) is 5.71 Å². The second-order valence-electron chi connectivity index (χ2n) is 10.6. The maximum absolute atomic E-state index is 6.16. The Balaban J connectivity index is 1.56. The summed E-state index contributed by atoms with van der Waals surface area (Å²) in [4.78, 5) is 9.52. The van der Waals surface area contributed by atoms with Crippen LogP contribution in [-0.4, -0.2) is 4.98 Å². The van der Waals surface area contributed by atoms with E-state index in [4.69, 9.17) is 4.42 Å². The van der Waals surface area contributed by atoms with Crippen molar-refractivity contribution in [2.45, 2.75) is 33.9 Å². The Morgan fingerprint density at radius 2 is 1.35 bits per heavy atom. The SMILES string of the molecule is CC1=C(c2ccccc2)N(c2ccccc2)C(c2c(C)cccc2C)N1c1cc2c(cc1C)oc1ncccc12. The van der Waals surface area contributed by atoms with Crippen molar-refractivity contribution in [3.05, 3.63) is 143 Å². The van der Waals surface area contributed by atoms with Crippen LogP contribution in [0.25, 0.3) is 27.8 Å². The lowest BCUT2D eigenvalue weighted by atomic mass is 9.97. The molecule has 6 aromatic rings. The maximum Gasteiger partial charge on any atom is 0.227 e. The average Bonchev–Trinajstić information content (AvgIpc) is 3.47. The molecule has 4 aromatic carbocycles. The standard InChI is InChI=1S/C36H31N3O/c1-23-13-11-14-24(2)33(23)36-38(31-22-30-29-19-12-20-37-35(29)40-32(30)21-25(31)3)26(4)34(27-15-7-5-8-16-27)39(36)28-17-9-6-10-18-28/h5-22,36H,1-4H3. The summed E-state index contributed by atoms with van der Waals surface area (Å²) in [7, 11) is 0. The minimum Gasteiger partial charge on any atom is -0.438 e. The fourth-order valence-corrected chi connectivity index (χ4v) is 6.32. The van der Waals surface area contributed by atoms with Gasteiger partial charge in [0, 0.05) is 39.6 Å². The first kappa shape index (κ1) is 24.2. The number of hydrogen-bond acceptors (Lipinski definition) is 4. The molecule has 0 fully saturated rings. The Bertz CT molecular complexity index is 1880. The van der Waals surface area contributed by atoms with E-state index in [1.165, 1.54) is 33.6 Å². The molecule has 0 spiro atoms. The van der Waals surface area contributed by atoms with Gasteiger partial charge in [-0.05, 0) is 86.3 Å². The zero-order chi connectivity index (χ0) is 27.4. The molecule has 1 aliphatic heterocycles. The van der Waals surface area contributed by atoms with Gasteiger partial charge in [0.25, 0.3) is 0 Å². The number of hydrogen-bond donors (Lipinski definition) is 0. The molecule has 40 heavy (non-hydrogen) atoms. The van der Waals surface area contributed by atoms with E-state index in [1.54, 1.807) is 6.20 Å². The molecule has 1 aliphatic rings. The number of fused-ring (bicyclic) bond motifs is 3. The van der Waals surface area contributed by atoms with Crippen LogP contribution in [0.4, 0.5) is 11.4 Å². The van der Waals surface area contributed by atoms with Gasteiger partial charge in [0.1, 0.15) is 11.7 Å². The van der Waals surface area contributed by atoms with Gasteiger partial charge in [-0.15, -0.1) is 0 Å². The summed E-state index contributed by atoms with van der Waals surface area (Å²) >= 11 is 0. The molecule has 1 atom stereocenters. The van der Waals surface area contributed by atoms with Crippen LogP contribution in [0.2, 0.25) is 0 Å². The van der Waals surface area contributed by atoms with Gasteiger partial charge in [0.15, 0.2) is 0 Å². The normalized spacial score (nSPS) is 15.6. The predicted molar refractivity (Wildman–Crippen MR) is 165 cm³/mol. The Labute approximate surface area is 234 Å². The lowest BCUT2D eigenvalue weighted by Gasteiger charge is -2.37. The van der Waals surface area contributed by atoms with Gasteiger partial charge in [0.05, 0.1) is 5.70 Å². The molecular weight excluding hydrogens is 490 g/mol. The average molecular weight is 522 g/mol. The van der Waals surface area contributed by atoms with Crippen LogP contribution in [0.5, 0.6) is 0 Å². The van der Waals surface area contributed by atoms with Crippen molar-refractivity contribution in [2.75, 3.05) is 9.80 Å². The van der Waals surface area contributed by atoms with Gasteiger partial charge >= 0.3 is 0 Å². The number of rotatable bonds is 4. The van der Waals surface area contributed by atoms with Crippen LogP contribution in [0.3, 0.4) is 0 Å². The van der Waals surface area contributed by atoms with E-state index >= 15 is 0 Å². The van der Waals surface area contributed by atoms with E-state index < -0.39 is 0 Å². The summed E-state index contributed by atoms with van der Waals surface area (Å²) in [6.45, 7) is 8.89. The third-order valence-corrected chi connectivity index (χ3v) is 8.14. The number of allylic oxidation sites excluding steroid dienone is 1. The van der Waals surface area contributed by atoms with Crippen LogP contribution < -0.4 is 9.80 Å². The first-order valence-corrected chi connectivity index (χ1v) is 13.8. The summed E-state index contributed by atoms with van der Waals surface area (Å²) in [5.74, 6) is 0. The Hall–Kier alpha value is -4.83. The molecule has 4 heteroatoms. The minimum atomic E-state index is -0.0775. The monoisotopic (exact) mass is 521 g/mol. The fraction of sp³-hybridized carbons (Fsp3) is 0.139. The summed E-state index contributed by atoms with van der Waals surface area (Å²) in [5, 5.41) is 2.11. The Kier molecular flexibility index (Phi) is 5.71. The topological polar surface area (TPSA) is 32.5 Å². The van der Waals surface area contributed by atoms with Crippen LogP contribution in [0, 0.1) is 20.8 Å². The highest BCUT2D eigenvalue weighted by Gasteiger charge is 2.41. The number of anilines is 2. The molecule has 2 aromatic heterocycles. The molecule has 196 valence electrons. The highest BCUT2D eigenvalue weighted by molar-refractivity contribution is 6.05. The lowest BCUT2D eigenvalue weighted by molar-refractivity contribution is 0.653. The zero-order valence-electron chi connectivity index (χ0n) is 23.2. The molecule has 4 nitrogen and oxygen atoms in total. The van der Waals surface area contributed by atoms with E-state index in [0.29, 0.717) is 5.71 Å². The van der Waals surface area contributed by atoms with Gasteiger partial charge in [-0.25, -0.2) is 4.98 Å². The Morgan fingerprint density at radius 3 is 2.08 bits per heavy atom. The van der Waals surface area contributed by atoms with E-state index in [-0.39, 0.29) is 6.17 Å². The highest BCUT2D eigenvalue weighted by atomic mass is 16.3. The molecule has 1 unspecified atom stereocenters. The largest absolute Gasteiger partial charge is 0.438 e. The molecule has 0 saturated heterocycles. The number of aryl methyl sites for hydroxylation is 3. The second kappa shape index (κ2) is 9.42. The fourth-order valence-electron chi connectivity index (χ4n) is 6.32. The van der Waals surface area contributed by atoms with Crippen molar-refractivity contribution in [1.29, 1.82) is 0 Å². The number of para-hydroxylation sites is 1. The summed E-state index contributed by atoms with van der Waals surface area (Å²) in [6, 6.07) is 36.6. The maximum atomic E-state index is 6.16. The number of benzene rings is 4. The van der Waals surface area contributed by atoms with Gasteiger partial charge < -0.3 is 14.2 Å². The molecule has 3 heterocycles. The van der Waals surface area contributed by atoms with Crippen molar-refractivity contribution in [3.63, 3.8) is 0 Å². The number of pyridine rings is 1. The third kappa shape index (κ3) is 3.71. The summed E-state index contributed by atoms with van der Waals surface area (Å²) in [6.07, 6.45) is 1.71. The molecule has 0 N–H and O–H groups in total. The first-order valence-electron chi connectivity index (χ1n) is 13.8. The minimum absolute atomic E-state index is 0.0775. The molecule has 7 rings (SSSR count). The van der Waals surface area contributed by atoms with E-state index in [1.807, 2.05) is 6.07 Å². The van der Waals surface area contributed by atoms with Crippen LogP contribution in [-0.2, 0) is 0 Å². The Morgan fingerprint density at radius 1 is 0.650 bits per heavy atom. The van der Waals surface area contributed by atoms with Crippen molar-refractivity contribution in [3.8, 4) is 0 Å². The highest BCUT2D eigenvalue weighted by Crippen LogP contribution is 2.51. The van der Waals surface area contributed by atoms with Crippen LogP contribution in [0.15, 0.2) is 119 Å². The summed E-state index contributed by atoms with van der Waals surface area (Å²) < 4.78 is 6.16. The van der Waals surface area contributed by atoms with Gasteiger partial charge in [-0.2, -0.15) is 0 Å². The van der Waals surface area contributed by atoms with Crippen LogP contribution >= 0.6 is 0 Å². The van der Waals surface area contributed by atoms with Crippen molar-refractivity contribution < 1.29 is 4.42 Å². The second-order valence-corrected chi connectivity index (χ2v) is 10.6. The molecule has 0 radical (unpaired) electrons. The quantitative estimate of drug-likeness (QED) is 0.231. The predicted octanol–water partition coefficient (Wildman–Crippen LogP) is 9.32. The molecule has 0 aliphatic carbocycles. The van der Waals surface area contributed by atoms with Gasteiger partial charge in [-0.3, -0.25) is 0 Å². The van der Waals surface area contributed by atoms with E-state index in [2.05, 4.69) is 140 Å². The number of aromatic nitrogens is 1. The van der Waals surface area contributed by atoms with E-state index in [9.17, 15) is 0 Å². The molecule has 0 saturated carbocycles. The third-order valence-electron chi connectivity index (χ3n) is 8.14.